The summed E-state index contributed by atoms with van der Waals surface area (Å²) in [4.78, 5) is 17.8. The molecule has 26 heavy (non-hydrogen) atoms. The molecule has 0 bridgehead atoms. The molecule has 4 heteroatoms. The van der Waals surface area contributed by atoms with Gasteiger partial charge in [0, 0.05) is 0 Å². The first-order valence-electron chi connectivity index (χ1n) is 8.41. The van der Waals surface area contributed by atoms with Gasteiger partial charge in [-0.3, -0.25) is 0 Å². The molecule has 3 aromatic rings. The van der Waals surface area contributed by atoms with Gasteiger partial charge in [-0.25, -0.2) is 0 Å². The van der Waals surface area contributed by atoms with Crippen LogP contribution in [0.1, 0.15) is 11.1 Å². The van der Waals surface area contributed by atoms with Crippen molar-refractivity contribution in [2.24, 2.45) is 4.99 Å². The molecule has 0 radical (unpaired) electrons. The Bertz CT molecular complexity index is 883. The Morgan fingerprint density at radius 2 is 1.38 bits per heavy atom. The van der Waals surface area contributed by atoms with E-state index in [1.807, 2.05) is 78.9 Å². The van der Waals surface area contributed by atoms with Gasteiger partial charge in [-0.05, 0) is 0 Å². The van der Waals surface area contributed by atoms with Crippen LogP contribution >= 0.6 is 0 Å². The molecule has 0 N–H and O–H groups in total. The zero-order valence-electron chi connectivity index (χ0n) is 14.0. The van der Waals surface area contributed by atoms with Gasteiger partial charge in [0.05, 0.1) is 0 Å². The predicted octanol–water partition coefficient (Wildman–Crippen LogP) is 2.96. The summed E-state index contributed by atoms with van der Waals surface area (Å²) in [6, 6.07) is 29.7. The molecule has 0 aromatic heterocycles. The number of carbonyl (C=O) groups is 1. The third kappa shape index (κ3) is 3.48. The molecule has 0 saturated carbocycles. The van der Waals surface area contributed by atoms with E-state index in [0.717, 1.165) is 15.6 Å². The van der Waals surface area contributed by atoms with Gasteiger partial charge in [0.25, 0.3) is 0 Å². The van der Waals surface area contributed by atoms with Crippen LogP contribution in [0.15, 0.2) is 96.0 Å². The van der Waals surface area contributed by atoms with Crippen LogP contribution in [0.3, 0.4) is 0 Å². The zero-order valence-corrected chi connectivity index (χ0v) is 15.8. The van der Waals surface area contributed by atoms with Crippen molar-refractivity contribution in [1.29, 1.82) is 0 Å². The topological polar surface area (TPSA) is 38.7 Å². The summed E-state index contributed by atoms with van der Waals surface area (Å²) in [6.45, 7) is 0. The maximum absolute atomic E-state index is 13.0. The van der Waals surface area contributed by atoms with Crippen molar-refractivity contribution in [2.75, 3.05) is 0 Å². The van der Waals surface area contributed by atoms with Crippen molar-refractivity contribution in [3.63, 3.8) is 0 Å². The number of hydrogen-bond donors (Lipinski definition) is 0. The summed E-state index contributed by atoms with van der Waals surface area (Å²) < 4.78 is 5.89. The third-order valence-corrected chi connectivity index (χ3v) is 6.75. The minimum atomic E-state index is -0.874. The zero-order chi connectivity index (χ0) is 17.8. The van der Waals surface area contributed by atoms with E-state index in [-0.39, 0.29) is 20.9 Å². The number of rotatable bonds is 5. The molecule has 0 aliphatic carbocycles. The first-order chi connectivity index (χ1) is 12.8. The van der Waals surface area contributed by atoms with Crippen LogP contribution in [0.2, 0.25) is 0 Å². The van der Waals surface area contributed by atoms with Gasteiger partial charge < -0.3 is 0 Å². The number of esters is 1. The van der Waals surface area contributed by atoms with Gasteiger partial charge in [-0.15, -0.1) is 0 Å². The van der Waals surface area contributed by atoms with Gasteiger partial charge in [0.2, 0.25) is 0 Å². The Labute approximate surface area is 158 Å². The van der Waals surface area contributed by atoms with E-state index in [9.17, 15) is 4.79 Å². The molecule has 1 atom stereocenters. The summed E-state index contributed by atoms with van der Waals surface area (Å²) in [7, 11) is 0. The van der Waals surface area contributed by atoms with Crippen LogP contribution < -0.4 is 4.46 Å². The Hall–Kier alpha value is -2.68. The minimum absolute atomic E-state index is 0.183. The molecular formula is C22H17NO2Se. The van der Waals surface area contributed by atoms with Gasteiger partial charge >= 0.3 is 159 Å². The van der Waals surface area contributed by atoms with Crippen molar-refractivity contribution in [3.05, 3.63) is 102 Å². The second kappa shape index (κ2) is 7.28. The van der Waals surface area contributed by atoms with Crippen LogP contribution in [-0.4, -0.2) is 31.3 Å². The first kappa shape index (κ1) is 16.8. The second-order valence-electron chi connectivity index (χ2n) is 6.03. The van der Waals surface area contributed by atoms with E-state index in [1.54, 1.807) is 0 Å². The van der Waals surface area contributed by atoms with E-state index in [2.05, 4.69) is 12.1 Å². The summed E-state index contributed by atoms with van der Waals surface area (Å²) in [5.74, 6) is 0.161. The molecule has 1 unspecified atom stereocenters. The molecule has 0 fully saturated rings. The van der Waals surface area contributed by atoms with Gasteiger partial charge in [0.15, 0.2) is 0 Å². The number of cyclic esters (lactones) is 1. The van der Waals surface area contributed by atoms with Crippen LogP contribution in [0.25, 0.3) is 0 Å². The fourth-order valence-electron chi connectivity index (χ4n) is 2.87. The number of nitrogens with zero attached hydrogens (tertiary/aromatic N) is 1. The van der Waals surface area contributed by atoms with Crippen molar-refractivity contribution in [3.8, 4) is 0 Å². The van der Waals surface area contributed by atoms with Crippen molar-refractivity contribution in [1.82, 2.24) is 0 Å². The van der Waals surface area contributed by atoms with Crippen molar-refractivity contribution in [2.45, 2.75) is 10.9 Å². The summed E-state index contributed by atoms with van der Waals surface area (Å²) >= 11 is -0.183. The van der Waals surface area contributed by atoms with Gasteiger partial charge in [-0.1, -0.05) is 0 Å². The van der Waals surface area contributed by atoms with Crippen LogP contribution in [0, 0.1) is 0 Å². The number of benzene rings is 3. The molecule has 0 amide bonds. The average Bonchev–Trinajstić information content (AvgIpc) is 3.00. The van der Waals surface area contributed by atoms with Gasteiger partial charge in [-0.2, -0.15) is 0 Å². The Morgan fingerprint density at radius 3 is 2.04 bits per heavy atom. The summed E-state index contributed by atoms with van der Waals surface area (Å²) in [5.41, 5.74) is 1.92. The molecule has 0 spiro atoms. The quantitative estimate of drug-likeness (QED) is 0.483. The molecule has 3 nitrogen and oxygen atoms in total. The number of ether oxygens (including phenoxy) is 1. The molecule has 1 heterocycles. The Kier molecular flexibility index (Phi) is 4.70. The standard InChI is InChI=1S/C22H17NO2Se/c24-21-22(16-17-10-4-1-5-11-17,26-19-14-8-3-9-15-19)23-20(25-21)18-12-6-2-7-13-18/h1-15H,16H2. The van der Waals surface area contributed by atoms with E-state index in [4.69, 9.17) is 9.73 Å². The molecule has 128 valence electrons. The first-order valence-corrected chi connectivity index (χ1v) is 10.1. The van der Waals surface area contributed by atoms with Crippen LogP contribution in [-0.2, 0) is 16.0 Å². The molecule has 0 saturated heterocycles. The van der Waals surface area contributed by atoms with Crippen LogP contribution in [0.5, 0.6) is 0 Å². The second-order valence-corrected chi connectivity index (χ2v) is 8.87. The average molecular weight is 406 g/mol. The molecular weight excluding hydrogens is 389 g/mol. The fraction of sp³-hybridized carbons (Fsp3) is 0.0909. The molecule has 3 aromatic carbocycles. The SMILES string of the molecule is O=C1OC(c2ccccc2)=NC1(Cc1ccccc1)[Se]c1ccccc1. The monoisotopic (exact) mass is 407 g/mol. The summed E-state index contributed by atoms with van der Waals surface area (Å²) in [6.07, 6.45) is 0.540. The van der Waals surface area contributed by atoms with Crippen LogP contribution in [0.4, 0.5) is 0 Å². The maximum atomic E-state index is 13.0. The third-order valence-electron chi connectivity index (χ3n) is 4.13. The number of aliphatic imine (C=N–C) groups is 1. The van der Waals surface area contributed by atoms with E-state index in [1.165, 1.54) is 0 Å². The number of hydrogen-bond acceptors (Lipinski definition) is 3. The Balaban J connectivity index is 1.75. The summed E-state index contributed by atoms with van der Waals surface area (Å²) in [5, 5.41) is 0. The number of carbonyl (C=O) groups excluding carboxylic acids is 1. The molecule has 1 aliphatic rings. The molecule has 1 aliphatic heterocycles. The fourth-order valence-corrected chi connectivity index (χ4v) is 5.34. The van der Waals surface area contributed by atoms with Crippen molar-refractivity contribution >= 4 is 31.3 Å². The van der Waals surface area contributed by atoms with E-state index in [0.29, 0.717) is 12.3 Å². The van der Waals surface area contributed by atoms with Gasteiger partial charge in [0.1, 0.15) is 0 Å². The van der Waals surface area contributed by atoms with E-state index >= 15 is 0 Å². The predicted molar refractivity (Wildman–Crippen MR) is 104 cm³/mol. The Morgan fingerprint density at radius 1 is 0.808 bits per heavy atom. The van der Waals surface area contributed by atoms with E-state index < -0.39 is 4.44 Å². The molecule has 4 rings (SSSR count). The van der Waals surface area contributed by atoms with Crippen molar-refractivity contribution < 1.29 is 9.53 Å². The normalized spacial score (nSPS) is 19.1.